The second-order valence-electron chi connectivity index (χ2n) is 29.0. The molecule has 0 unspecified atom stereocenters. The van der Waals surface area contributed by atoms with Crippen LogP contribution in [-0.2, 0) is 0 Å². The fourth-order valence-corrected chi connectivity index (χ4v) is 17.4. The standard InChI is InChI=1S/2C10H16N4.3C10H15N3S.2C10H14N2S2/c1-7(2)13-9-5-12-14(8(3)4)10(9)6-11-13;1-5(2)7-9-10(14-11-7)8(6(3)4)12-13-9;1-6(2)8-5-13-10(11-8)14-9(12-13)7(3)4;1-6(2)8-5-11-10-13(8)12-9(14-10)7(3)4;1-5(2)7-9-10(14-13-7)8(6(3)4)11-12-9;1-5(2)7-11-9-10(13-7)12-8(14-9)6(3)4;1-5(2)7-9-10(14-11-7)8(6(3)4)12-13-9/h5-8H,1-4H3;5-6H,1-4H3,(H,11,14)(H,12,13);2*5-7H,1-4H3;5-6H,1-4H3,(H,11,12);2*5-6H,1-4H3. The highest BCUT2D eigenvalue weighted by Crippen LogP contribution is 2.38. The summed E-state index contributed by atoms with van der Waals surface area (Å²) in [5.74, 6) is 5.77. The van der Waals surface area contributed by atoms with E-state index in [1.807, 2.05) is 43.2 Å². The van der Waals surface area contributed by atoms with Gasteiger partial charge in [-0.05, 0) is 110 Å². The van der Waals surface area contributed by atoms with Crippen molar-refractivity contribution < 1.29 is 0 Å². The molecule has 0 radical (unpaired) electrons. The minimum atomic E-state index is 0.386. The van der Waals surface area contributed by atoms with E-state index in [0.717, 1.165) is 80.0 Å². The molecule has 532 valence electrons. The van der Waals surface area contributed by atoms with Gasteiger partial charge in [-0.25, -0.2) is 29.0 Å². The van der Waals surface area contributed by atoms with Crippen LogP contribution in [0.25, 0.3) is 61.3 Å². The number of hydrogen-bond acceptors (Lipinski definition) is 21. The predicted octanol–water partition coefficient (Wildman–Crippen LogP) is 22.3. The lowest BCUT2D eigenvalue weighted by molar-refractivity contribution is 0.544. The molecule has 0 spiro atoms. The SMILES string of the molecule is CC(C)c1cn2nc(C(C)C)sc2n1.CC(C)c1n[nH]c2c(C(C)C)[nH]nc12.CC(C)c1nc2sc(C(C)C)nc2s1.CC(C)c1nn2c(C(C)C)cnc2s1.CC(C)c1nsc2c(C(C)C)[nH]nc12.CC(C)c1nsc2c(C(C)C)nsc12.CC(C)n1ncc2c1cnn2C(C)C. The van der Waals surface area contributed by atoms with E-state index in [2.05, 4.69) is 278 Å². The van der Waals surface area contributed by atoms with E-state index in [0.29, 0.717) is 83.1 Å². The van der Waals surface area contributed by atoms with Crippen LogP contribution in [0.2, 0.25) is 0 Å². The first-order valence-corrected chi connectivity index (χ1v) is 40.2. The summed E-state index contributed by atoms with van der Waals surface area (Å²) >= 11 is 11.6. The molecule has 0 aliphatic heterocycles. The van der Waals surface area contributed by atoms with Gasteiger partial charge in [0.2, 0.25) is 9.92 Å². The number of aromatic amines is 3. The molecule has 0 aliphatic rings. The van der Waals surface area contributed by atoms with E-state index >= 15 is 0 Å². The van der Waals surface area contributed by atoms with Gasteiger partial charge in [0, 0.05) is 35.8 Å². The summed E-state index contributed by atoms with van der Waals surface area (Å²) in [7, 11) is 0. The van der Waals surface area contributed by atoms with E-state index in [1.165, 1.54) is 46.9 Å². The van der Waals surface area contributed by atoms with E-state index in [4.69, 9.17) is 0 Å². The second-order valence-corrected chi connectivity index (χ2v) is 35.3. The Bertz CT molecular complexity index is 3990. The van der Waals surface area contributed by atoms with Crippen molar-refractivity contribution in [3.8, 4) is 0 Å². The number of nitrogens with one attached hydrogen (secondary N) is 3. The van der Waals surface area contributed by atoms with Crippen molar-refractivity contribution in [1.29, 1.82) is 0 Å². The first-order valence-electron chi connectivity index (χ1n) is 34.6. The summed E-state index contributed by atoms with van der Waals surface area (Å²) in [6.07, 6.45) is 7.74. The highest BCUT2D eigenvalue weighted by atomic mass is 32.1. The third-order valence-corrected chi connectivity index (χ3v) is 23.6. The second kappa shape index (κ2) is 33.5. The summed E-state index contributed by atoms with van der Waals surface area (Å²) in [6, 6.07) is 0.773. The predicted molar refractivity (Wildman–Crippen MR) is 418 cm³/mol. The van der Waals surface area contributed by atoms with Crippen LogP contribution in [0.3, 0.4) is 0 Å². The summed E-state index contributed by atoms with van der Waals surface area (Å²) in [6.45, 7) is 60.3. The zero-order valence-corrected chi connectivity index (χ0v) is 68.5. The van der Waals surface area contributed by atoms with Crippen molar-refractivity contribution in [2.24, 2.45) is 0 Å². The number of H-pyrrole nitrogens is 3. The smallest absolute Gasteiger partial charge is 0.212 e. The van der Waals surface area contributed by atoms with E-state index in [1.54, 1.807) is 79.9 Å². The summed E-state index contributed by atoms with van der Waals surface area (Å²) in [4.78, 5) is 22.3. The molecule has 21 nitrogen and oxygen atoms in total. The van der Waals surface area contributed by atoms with Crippen LogP contribution in [-0.4, -0.2) is 102 Å². The van der Waals surface area contributed by atoms with Crippen molar-refractivity contribution in [2.45, 2.75) is 277 Å². The number of hydrogen-bond donors (Lipinski definition) is 3. The lowest BCUT2D eigenvalue weighted by atomic mass is 10.1. The monoisotopic (exact) mass is 1460 g/mol. The van der Waals surface area contributed by atoms with Gasteiger partial charge in [-0.2, -0.15) is 48.8 Å². The van der Waals surface area contributed by atoms with E-state index in [9.17, 15) is 0 Å². The van der Waals surface area contributed by atoms with Crippen molar-refractivity contribution in [1.82, 2.24) is 102 Å². The maximum Gasteiger partial charge on any atom is 0.212 e. The zero-order valence-electron chi connectivity index (χ0n) is 62.8. The summed E-state index contributed by atoms with van der Waals surface area (Å²) in [5, 5.41) is 44.7. The van der Waals surface area contributed by atoms with Crippen LogP contribution in [0, 0.1) is 0 Å². The molecular weight excluding hydrogens is 1360 g/mol. The zero-order chi connectivity index (χ0) is 72.0. The third-order valence-electron chi connectivity index (χ3n) is 15.8. The Morgan fingerprint density at radius 1 is 0.367 bits per heavy atom. The Hall–Kier alpha value is -6.30. The molecule has 0 fully saturated rings. The van der Waals surface area contributed by atoms with Crippen molar-refractivity contribution in [3.63, 3.8) is 0 Å². The number of aromatic nitrogens is 21. The first kappa shape index (κ1) is 77.4. The van der Waals surface area contributed by atoms with Gasteiger partial charge >= 0.3 is 0 Å². The van der Waals surface area contributed by atoms with Crippen molar-refractivity contribution >= 4 is 141 Å². The van der Waals surface area contributed by atoms with Gasteiger partial charge in [-0.1, -0.05) is 212 Å². The number of thiazole rings is 2. The third kappa shape index (κ3) is 17.9. The Morgan fingerprint density at radius 2 is 0.816 bits per heavy atom. The van der Waals surface area contributed by atoms with Gasteiger partial charge in [0.1, 0.15) is 37.6 Å². The molecule has 0 atom stereocenters. The van der Waals surface area contributed by atoms with Crippen LogP contribution in [0.4, 0.5) is 0 Å². The van der Waals surface area contributed by atoms with Gasteiger partial charge < -0.3 is 0 Å². The average Bonchev–Trinajstić information content (AvgIpc) is 1.43. The number of fused-ring (bicyclic) bond motifs is 7. The van der Waals surface area contributed by atoms with Gasteiger partial charge in [-0.15, -0.1) is 0 Å². The van der Waals surface area contributed by atoms with Crippen LogP contribution in [0.15, 0.2) is 24.8 Å². The Kier molecular flexibility index (Phi) is 26.4. The van der Waals surface area contributed by atoms with Gasteiger partial charge in [-0.3, -0.25) is 24.7 Å². The van der Waals surface area contributed by atoms with Crippen molar-refractivity contribution in [2.75, 3.05) is 0 Å². The van der Waals surface area contributed by atoms with Crippen LogP contribution >= 0.6 is 79.9 Å². The number of imidazole rings is 2. The quantitative estimate of drug-likeness (QED) is 0.0917. The Balaban J connectivity index is 0.000000146. The molecule has 3 N–H and O–H groups in total. The molecular formula is C70H105N21S7. The van der Waals surface area contributed by atoms with Gasteiger partial charge in [0.25, 0.3) is 0 Å². The molecule has 0 amide bonds. The van der Waals surface area contributed by atoms with Gasteiger partial charge in [0.05, 0.1) is 94.5 Å². The van der Waals surface area contributed by atoms with E-state index in [-0.39, 0.29) is 0 Å². The van der Waals surface area contributed by atoms with Crippen LogP contribution in [0.1, 0.15) is 343 Å². The highest BCUT2D eigenvalue weighted by molar-refractivity contribution is 7.26. The molecule has 0 aliphatic carbocycles. The molecule has 14 rings (SSSR count). The molecule has 98 heavy (non-hydrogen) atoms. The first-order chi connectivity index (χ1) is 46.2. The average molecular weight is 1470 g/mol. The number of rotatable bonds is 14. The topological polar surface area (TPSA) is 247 Å². The minimum Gasteiger partial charge on any atom is -0.280 e. The lowest BCUT2D eigenvalue weighted by Gasteiger charge is -2.04. The summed E-state index contributed by atoms with van der Waals surface area (Å²) in [5.41, 5.74) is 14.6. The maximum atomic E-state index is 4.59. The lowest BCUT2D eigenvalue weighted by Crippen LogP contribution is -2.01. The number of nitrogens with zero attached hydrogens (tertiary/aromatic N) is 18. The molecule has 0 saturated heterocycles. The minimum absolute atomic E-state index is 0.386. The molecule has 14 aromatic heterocycles. The molecule has 28 heteroatoms. The fraction of sp³-hybridized carbons (Fsp3) is 0.600. The van der Waals surface area contributed by atoms with E-state index < -0.39 is 0 Å². The Morgan fingerprint density at radius 3 is 1.26 bits per heavy atom. The molecule has 0 bridgehead atoms. The molecule has 0 aromatic carbocycles. The summed E-state index contributed by atoms with van der Waals surface area (Å²) < 4.78 is 25.2. The Labute approximate surface area is 606 Å². The van der Waals surface area contributed by atoms with Gasteiger partial charge in [0.15, 0.2) is 9.66 Å². The van der Waals surface area contributed by atoms with Crippen LogP contribution < -0.4 is 0 Å². The van der Waals surface area contributed by atoms with Crippen molar-refractivity contribution in [3.05, 3.63) is 90.4 Å². The largest absolute Gasteiger partial charge is 0.280 e. The maximum absolute atomic E-state index is 4.59. The fourth-order valence-electron chi connectivity index (χ4n) is 10.0. The highest BCUT2D eigenvalue weighted by Gasteiger charge is 2.22. The molecule has 14 heterocycles. The molecule has 14 aromatic rings. The van der Waals surface area contributed by atoms with Crippen LogP contribution in [0.5, 0.6) is 0 Å². The normalized spacial score (nSPS) is 12.1. The molecule has 0 saturated carbocycles.